The third-order valence-corrected chi connectivity index (χ3v) is 5.76. The minimum Gasteiger partial charge on any atom is -0.493 e. The fraction of sp³-hybridized carbons (Fsp3) is 0.200. The largest absolute Gasteiger partial charge is 0.493 e. The second-order valence-electron chi connectivity index (χ2n) is 7.20. The quantitative estimate of drug-likeness (QED) is 0.454. The molecule has 0 aliphatic heterocycles. The van der Waals surface area contributed by atoms with Crippen molar-refractivity contribution in [1.82, 2.24) is 4.90 Å². The Morgan fingerprint density at radius 2 is 1.52 bits per heavy atom. The van der Waals surface area contributed by atoms with Crippen molar-refractivity contribution in [2.75, 3.05) is 33.6 Å². The first-order chi connectivity index (χ1) is 15.9. The molecule has 2 amide bonds. The minimum absolute atomic E-state index is 0.139. The molecule has 0 spiro atoms. The van der Waals surface area contributed by atoms with Gasteiger partial charge in [0.2, 0.25) is 5.75 Å². The summed E-state index contributed by atoms with van der Waals surface area (Å²) < 4.78 is 16.9. The zero-order valence-electron chi connectivity index (χ0n) is 19.0. The first-order valence-corrected chi connectivity index (χ1v) is 11.0. The van der Waals surface area contributed by atoms with E-state index in [0.717, 1.165) is 17.3 Å². The van der Waals surface area contributed by atoms with Gasteiger partial charge in [-0.2, -0.15) is 0 Å². The van der Waals surface area contributed by atoms with Crippen LogP contribution in [0.2, 0.25) is 0 Å². The van der Waals surface area contributed by atoms with Crippen LogP contribution in [0.1, 0.15) is 15.9 Å². The molecule has 8 heteroatoms. The number of hydrogen-bond acceptors (Lipinski definition) is 6. The van der Waals surface area contributed by atoms with Gasteiger partial charge in [0.1, 0.15) is 6.61 Å². The van der Waals surface area contributed by atoms with Crippen LogP contribution in [0.15, 0.2) is 71.6 Å². The van der Waals surface area contributed by atoms with E-state index in [0.29, 0.717) is 40.0 Å². The Labute approximate surface area is 197 Å². The maximum Gasteiger partial charge on any atom is 0.286 e. The molecule has 0 atom stereocenters. The van der Waals surface area contributed by atoms with Crippen LogP contribution in [0.5, 0.6) is 17.2 Å². The molecule has 0 saturated heterocycles. The van der Waals surface area contributed by atoms with E-state index in [-0.39, 0.29) is 11.1 Å². The molecule has 0 aromatic heterocycles. The second kappa shape index (κ2) is 11.3. The van der Waals surface area contributed by atoms with Crippen LogP contribution in [-0.4, -0.2) is 44.4 Å². The number of para-hydroxylation sites is 1. The van der Waals surface area contributed by atoms with Gasteiger partial charge >= 0.3 is 0 Å². The summed E-state index contributed by atoms with van der Waals surface area (Å²) in [6, 6.07) is 20.0. The molecule has 0 saturated carbocycles. The lowest BCUT2D eigenvalue weighted by molar-refractivity contribution is 0.102. The van der Waals surface area contributed by atoms with E-state index < -0.39 is 0 Å². The van der Waals surface area contributed by atoms with Gasteiger partial charge in [-0.25, -0.2) is 0 Å². The van der Waals surface area contributed by atoms with E-state index in [4.69, 9.17) is 14.2 Å². The highest BCUT2D eigenvalue weighted by atomic mass is 32.2. The van der Waals surface area contributed by atoms with Gasteiger partial charge in [0.25, 0.3) is 11.1 Å². The van der Waals surface area contributed by atoms with E-state index >= 15 is 0 Å². The molecule has 0 aliphatic rings. The van der Waals surface area contributed by atoms with Gasteiger partial charge in [0.15, 0.2) is 11.5 Å². The van der Waals surface area contributed by atoms with Crippen molar-refractivity contribution in [3.63, 3.8) is 0 Å². The molecular formula is C25H26N2O5S. The molecule has 3 aromatic carbocycles. The lowest BCUT2D eigenvalue weighted by Crippen LogP contribution is -2.17. The molecule has 0 aliphatic carbocycles. The predicted molar refractivity (Wildman–Crippen MR) is 130 cm³/mol. The molecule has 0 fully saturated rings. The van der Waals surface area contributed by atoms with Crippen molar-refractivity contribution >= 4 is 28.6 Å². The molecule has 1 N–H and O–H groups in total. The summed E-state index contributed by atoms with van der Waals surface area (Å²) in [7, 11) is 6.36. The number of hydrogen-bond donors (Lipinski definition) is 1. The van der Waals surface area contributed by atoms with E-state index in [1.807, 2.05) is 36.4 Å². The Hall–Kier alpha value is -3.65. The van der Waals surface area contributed by atoms with Crippen LogP contribution in [0.25, 0.3) is 0 Å². The standard InChI is InChI=1S/C25H26N2O5S/c1-27(2)25(29)33-22-13-9-8-12-19(22)26-24(28)18-14-20(30-3)23(21(15-18)31-4)32-16-17-10-6-5-7-11-17/h5-15H,16H2,1-4H3,(H,26,28). The Bertz CT molecular complexity index is 1090. The highest BCUT2D eigenvalue weighted by Gasteiger charge is 2.19. The third-order valence-electron chi connectivity index (χ3n) is 4.65. The van der Waals surface area contributed by atoms with Crippen molar-refractivity contribution in [3.8, 4) is 17.2 Å². The van der Waals surface area contributed by atoms with E-state index in [9.17, 15) is 9.59 Å². The molecule has 3 rings (SSSR count). The Morgan fingerprint density at radius 1 is 0.909 bits per heavy atom. The summed E-state index contributed by atoms with van der Waals surface area (Å²) >= 11 is 1.04. The van der Waals surface area contributed by atoms with Gasteiger partial charge in [-0.15, -0.1) is 0 Å². The number of thioether (sulfide) groups is 1. The van der Waals surface area contributed by atoms with Gasteiger partial charge in [0.05, 0.1) is 19.9 Å². The van der Waals surface area contributed by atoms with Gasteiger partial charge in [-0.1, -0.05) is 42.5 Å². The fourth-order valence-electron chi connectivity index (χ4n) is 2.92. The number of carbonyl (C=O) groups is 2. The summed E-state index contributed by atoms with van der Waals surface area (Å²) in [5, 5.41) is 2.73. The number of anilines is 1. The summed E-state index contributed by atoms with van der Waals surface area (Å²) in [4.78, 5) is 27.3. The Balaban J connectivity index is 1.83. The van der Waals surface area contributed by atoms with Gasteiger partial charge < -0.3 is 24.4 Å². The fourth-order valence-corrected chi connectivity index (χ4v) is 3.67. The number of ether oxygens (including phenoxy) is 3. The van der Waals surface area contributed by atoms with E-state index in [2.05, 4.69) is 5.32 Å². The maximum absolute atomic E-state index is 13.0. The molecule has 0 bridgehead atoms. The summed E-state index contributed by atoms with van der Waals surface area (Å²) in [5.41, 5.74) is 1.85. The normalized spacial score (nSPS) is 10.3. The Morgan fingerprint density at radius 3 is 2.12 bits per heavy atom. The maximum atomic E-state index is 13.0. The van der Waals surface area contributed by atoms with Crippen LogP contribution >= 0.6 is 11.8 Å². The van der Waals surface area contributed by atoms with Crippen molar-refractivity contribution < 1.29 is 23.8 Å². The summed E-state index contributed by atoms with van der Waals surface area (Å²) in [5.74, 6) is 0.793. The molecule has 33 heavy (non-hydrogen) atoms. The summed E-state index contributed by atoms with van der Waals surface area (Å²) in [6.07, 6.45) is 0. The van der Waals surface area contributed by atoms with Crippen LogP contribution in [0, 0.1) is 0 Å². The average molecular weight is 467 g/mol. The third kappa shape index (κ3) is 6.20. The lowest BCUT2D eigenvalue weighted by atomic mass is 10.1. The van der Waals surface area contributed by atoms with Crippen LogP contribution in [0.3, 0.4) is 0 Å². The number of carbonyl (C=O) groups excluding carboxylic acids is 2. The number of nitrogens with one attached hydrogen (secondary N) is 1. The number of rotatable bonds is 8. The van der Waals surface area contributed by atoms with Crippen LogP contribution in [0.4, 0.5) is 10.5 Å². The lowest BCUT2D eigenvalue weighted by Gasteiger charge is -2.17. The topological polar surface area (TPSA) is 77.1 Å². The van der Waals surface area contributed by atoms with Gasteiger partial charge in [-0.05, 0) is 41.6 Å². The second-order valence-corrected chi connectivity index (χ2v) is 8.19. The number of benzene rings is 3. The molecule has 172 valence electrons. The smallest absolute Gasteiger partial charge is 0.286 e. The molecule has 0 unspecified atom stereocenters. The molecular weight excluding hydrogens is 440 g/mol. The van der Waals surface area contributed by atoms with Crippen molar-refractivity contribution in [1.29, 1.82) is 0 Å². The molecule has 3 aromatic rings. The van der Waals surface area contributed by atoms with Gasteiger partial charge in [-0.3, -0.25) is 9.59 Å². The van der Waals surface area contributed by atoms with Crippen molar-refractivity contribution in [2.45, 2.75) is 11.5 Å². The zero-order valence-corrected chi connectivity index (χ0v) is 19.8. The highest BCUT2D eigenvalue weighted by molar-refractivity contribution is 8.13. The molecule has 7 nitrogen and oxygen atoms in total. The zero-order chi connectivity index (χ0) is 23.8. The van der Waals surface area contributed by atoms with Crippen LogP contribution in [-0.2, 0) is 6.61 Å². The SMILES string of the molecule is COc1cc(C(=O)Nc2ccccc2SC(=O)N(C)C)cc(OC)c1OCc1ccccc1. The van der Waals surface area contributed by atoms with Crippen molar-refractivity contribution in [2.24, 2.45) is 0 Å². The first kappa shape index (κ1) is 24.0. The summed E-state index contributed by atoms with van der Waals surface area (Å²) in [6.45, 7) is 0.323. The predicted octanol–water partition coefficient (Wildman–Crippen LogP) is 5.31. The number of nitrogens with zero attached hydrogens (tertiary/aromatic N) is 1. The van der Waals surface area contributed by atoms with E-state index in [1.54, 1.807) is 44.4 Å². The minimum atomic E-state index is -0.369. The number of amides is 2. The Kier molecular flexibility index (Phi) is 8.21. The monoisotopic (exact) mass is 466 g/mol. The highest BCUT2D eigenvalue weighted by Crippen LogP contribution is 2.39. The van der Waals surface area contributed by atoms with Crippen LogP contribution < -0.4 is 19.5 Å². The average Bonchev–Trinajstić information content (AvgIpc) is 2.83. The first-order valence-electron chi connectivity index (χ1n) is 10.1. The van der Waals surface area contributed by atoms with E-state index in [1.165, 1.54) is 19.1 Å². The van der Waals surface area contributed by atoms with Crippen molar-refractivity contribution in [3.05, 3.63) is 77.9 Å². The molecule has 0 heterocycles. The molecule has 0 radical (unpaired) electrons. The van der Waals surface area contributed by atoms with Gasteiger partial charge in [0, 0.05) is 24.6 Å². The number of methoxy groups -OCH3 is 2.